The number of hydrogen-bond acceptors (Lipinski definition) is 5. The molecule has 0 N–H and O–H groups in total. The Morgan fingerprint density at radius 1 is 0.447 bits per heavy atom. The SMILES string of the molecule is S=c1n(CN2CCN(Cc3ccccc3)CC2)c2ccccc2n1CN1CCN(Cc2ccccc2)CC1. The predicted octanol–water partition coefficient (Wildman–Crippen LogP) is 4.72. The monoisotopic (exact) mass is 526 g/mol. The summed E-state index contributed by atoms with van der Waals surface area (Å²) < 4.78 is 5.64. The molecule has 4 aromatic rings. The highest BCUT2D eigenvalue weighted by molar-refractivity contribution is 7.71. The summed E-state index contributed by atoms with van der Waals surface area (Å²) in [5.41, 5.74) is 5.28. The highest BCUT2D eigenvalue weighted by atomic mass is 32.1. The Balaban J connectivity index is 1.09. The van der Waals surface area contributed by atoms with Gasteiger partial charge < -0.3 is 9.13 Å². The number of nitrogens with zero attached hydrogens (tertiary/aromatic N) is 6. The van der Waals surface area contributed by atoms with Gasteiger partial charge in [0.25, 0.3) is 0 Å². The Morgan fingerprint density at radius 2 is 0.789 bits per heavy atom. The van der Waals surface area contributed by atoms with Gasteiger partial charge in [0.1, 0.15) is 0 Å². The standard InChI is InChI=1S/C31H38N6S/c38-31-36(25-34-19-15-32(16-20-34)23-27-9-3-1-4-10-27)29-13-7-8-14-30(29)37(31)26-35-21-17-33(18-22-35)24-28-11-5-2-6-12-28/h1-14H,15-26H2. The van der Waals surface area contributed by atoms with Crippen molar-refractivity contribution in [3.8, 4) is 0 Å². The van der Waals surface area contributed by atoms with Crippen molar-refractivity contribution in [2.24, 2.45) is 0 Å². The molecule has 2 fully saturated rings. The van der Waals surface area contributed by atoms with Crippen LogP contribution in [0.2, 0.25) is 0 Å². The molecular weight excluding hydrogens is 488 g/mol. The summed E-state index contributed by atoms with van der Waals surface area (Å²) in [6, 6.07) is 30.3. The van der Waals surface area contributed by atoms with Gasteiger partial charge in [-0.25, -0.2) is 0 Å². The zero-order valence-electron chi connectivity index (χ0n) is 22.2. The van der Waals surface area contributed by atoms with E-state index >= 15 is 0 Å². The van der Waals surface area contributed by atoms with Crippen LogP contribution in [0.5, 0.6) is 0 Å². The van der Waals surface area contributed by atoms with Crippen molar-refractivity contribution in [3.63, 3.8) is 0 Å². The first-order chi connectivity index (χ1) is 18.7. The highest BCUT2D eigenvalue weighted by Gasteiger charge is 2.22. The van der Waals surface area contributed by atoms with E-state index in [4.69, 9.17) is 12.2 Å². The fourth-order valence-corrected chi connectivity index (χ4v) is 6.12. The minimum atomic E-state index is 0.858. The van der Waals surface area contributed by atoms with E-state index in [9.17, 15) is 0 Å². The molecule has 0 spiro atoms. The first-order valence-corrected chi connectivity index (χ1v) is 14.3. The molecule has 38 heavy (non-hydrogen) atoms. The normalized spacial score (nSPS) is 18.3. The van der Waals surface area contributed by atoms with Gasteiger partial charge in [-0.1, -0.05) is 72.8 Å². The fraction of sp³-hybridized carbons (Fsp3) is 0.387. The molecule has 1 aromatic heterocycles. The Labute approximate surface area is 231 Å². The van der Waals surface area contributed by atoms with Crippen molar-refractivity contribution in [1.29, 1.82) is 0 Å². The maximum absolute atomic E-state index is 6.10. The van der Waals surface area contributed by atoms with Crippen LogP contribution >= 0.6 is 12.2 Å². The number of rotatable bonds is 8. The summed E-state index contributed by atoms with van der Waals surface area (Å²) in [7, 11) is 0. The third-order valence-corrected chi connectivity index (χ3v) is 8.48. The lowest BCUT2D eigenvalue weighted by Crippen LogP contribution is -2.46. The van der Waals surface area contributed by atoms with Gasteiger partial charge in [-0.3, -0.25) is 19.6 Å². The van der Waals surface area contributed by atoms with E-state index in [1.165, 1.54) is 22.2 Å². The molecular formula is C31H38N6S. The third-order valence-electron chi connectivity index (χ3n) is 8.04. The molecule has 0 amide bonds. The minimum Gasteiger partial charge on any atom is -0.303 e. The second-order valence-electron chi connectivity index (χ2n) is 10.7. The molecule has 3 heterocycles. The Kier molecular flexibility index (Phi) is 7.99. The van der Waals surface area contributed by atoms with Gasteiger partial charge in [-0.2, -0.15) is 0 Å². The second-order valence-corrected chi connectivity index (χ2v) is 11.0. The summed E-state index contributed by atoms with van der Waals surface area (Å²) in [5, 5.41) is 0. The molecule has 0 bridgehead atoms. The molecule has 2 aliphatic rings. The van der Waals surface area contributed by atoms with Crippen LogP contribution in [0, 0.1) is 4.77 Å². The average molecular weight is 527 g/mol. The molecule has 0 saturated carbocycles. The van der Waals surface area contributed by atoms with Crippen molar-refractivity contribution >= 4 is 23.3 Å². The van der Waals surface area contributed by atoms with Gasteiger partial charge in [-0.05, 0) is 35.5 Å². The molecule has 0 atom stereocenters. The van der Waals surface area contributed by atoms with Gasteiger partial charge in [-0.15, -0.1) is 0 Å². The number of piperazine rings is 2. The van der Waals surface area contributed by atoms with E-state index < -0.39 is 0 Å². The molecule has 0 unspecified atom stereocenters. The van der Waals surface area contributed by atoms with Crippen LogP contribution in [0.3, 0.4) is 0 Å². The molecule has 7 heteroatoms. The third kappa shape index (κ3) is 5.92. The number of aromatic nitrogens is 2. The van der Waals surface area contributed by atoms with Crippen LogP contribution in [0.25, 0.3) is 11.0 Å². The minimum absolute atomic E-state index is 0.858. The molecule has 0 radical (unpaired) electrons. The highest BCUT2D eigenvalue weighted by Crippen LogP contribution is 2.21. The van der Waals surface area contributed by atoms with Crippen molar-refractivity contribution in [3.05, 3.63) is 101 Å². The summed E-state index contributed by atoms with van der Waals surface area (Å²) in [6.45, 7) is 12.4. The van der Waals surface area contributed by atoms with Crippen molar-refractivity contribution in [1.82, 2.24) is 28.7 Å². The second kappa shape index (κ2) is 11.9. The number of imidazole rings is 1. The number of para-hydroxylation sites is 2. The van der Waals surface area contributed by atoms with Crippen molar-refractivity contribution < 1.29 is 0 Å². The van der Waals surface area contributed by atoms with Crippen LogP contribution in [-0.2, 0) is 26.4 Å². The maximum Gasteiger partial charge on any atom is 0.183 e. The Hall–Kier alpha value is -2.81. The summed E-state index contributed by atoms with van der Waals surface area (Å²) in [4.78, 5) is 10.2. The zero-order chi connectivity index (χ0) is 25.7. The Morgan fingerprint density at radius 3 is 1.18 bits per heavy atom. The van der Waals surface area contributed by atoms with Crippen LogP contribution in [-0.4, -0.2) is 81.1 Å². The number of fused-ring (bicyclic) bond motifs is 1. The number of hydrogen-bond donors (Lipinski definition) is 0. The van der Waals surface area contributed by atoms with E-state index in [1.807, 2.05) is 0 Å². The molecule has 2 aliphatic heterocycles. The van der Waals surface area contributed by atoms with Gasteiger partial charge in [0.05, 0.1) is 24.4 Å². The first kappa shape index (κ1) is 25.5. The predicted molar refractivity (Wildman–Crippen MR) is 157 cm³/mol. The van der Waals surface area contributed by atoms with Crippen molar-refractivity contribution in [2.45, 2.75) is 26.4 Å². The van der Waals surface area contributed by atoms with Gasteiger partial charge in [0, 0.05) is 65.4 Å². The fourth-order valence-electron chi connectivity index (χ4n) is 5.81. The molecule has 3 aromatic carbocycles. The van der Waals surface area contributed by atoms with Crippen LogP contribution in [0.1, 0.15) is 11.1 Å². The van der Waals surface area contributed by atoms with E-state index in [0.717, 1.165) is 83.6 Å². The molecule has 0 aliphatic carbocycles. The summed E-state index contributed by atoms with van der Waals surface area (Å²) in [6.07, 6.45) is 0. The summed E-state index contributed by atoms with van der Waals surface area (Å²) in [5.74, 6) is 0. The molecule has 198 valence electrons. The molecule has 2 saturated heterocycles. The van der Waals surface area contributed by atoms with E-state index in [1.54, 1.807) is 0 Å². The summed E-state index contributed by atoms with van der Waals surface area (Å²) >= 11 is 6.10. The van der Waals surface area contributed by atoms with E-state index in [2.05, 4.69) is 114 Å². The van der Waals surface area contributed by atoms with Gasteiger partial charge in [0.15, 0.2) is 4.77 Å². The topological polar surface area (TPSA) is 22.8 Å². The molecule has 6 nitrogen and oxygen atoms in total. The van der Waals surface area contributed by atoms with Crippen molar-refractivity contribution in [2.75, 3.05) is 52.4 Å². The van der Waals surface area contributed by atoms with Gasteiger partial charge in [0.2, 0.25) is 0 Å². The largest absolute Gasteiger partial charge is 0.303 e. The van der Waals surface area contributed by atoms with Crippen LogP contribution < -0.4 is 0 Å². The van der Waals surface area contributed by atoms with E-state index in [0.29, 0.717) is 0 Å². The zero-order valence-corrected chi connectivity index (χ0v) is 23.0. The lowest BCUT2D eigenvalue weighted by molar-refractivity contribution is 0.0984. The smallest absolute Gasteiger partial charge is 0.183 e. The quantitative estimate of drug-likeness (QED) is 0.309. The lowest BCUT2D eigenvalue weighted by atomic mass is 10.2. The van der Waals surface area contributed by atoms with E-state index in [-0.39, 0.29) is 0 Å². The number of benzene rings is 3. The maximum atomic E-state index is 6.10. The first-order valence-electron chi connectivity index (χ1n) is 13.9. The lowest BCUT2D eigenvalue weighted by Gasteiger charge is -2.35. The van der Waals surface area contributed by atoms with Gasteiger partial charge >= 0.3 is 0 Å². The van der Waals surface area contributed by atoms with Crippen LogP contribution in [0.4, 0.5) is 0 Å². The molecule has 6 rings (SSSR count). The Bertz CT molecular complexity index is 1260. The average Bonchev–Trinajstić information content (AvgIpc) is 3.22. The van der Waals surface area contributed by atoms with Crippen LogP contribution in [0.15, 0.2) is 84.9 Å².